The van der Waals surface area contributed by atoms with Crippen LogP contribution in [0.25, 0.3) is 10.2 Å². The van der Waals surface area contributed by atoms with Crippen molar-refractivity contribution in [3.05, 3.63) is 64.7 Å². The van der Waals surface area contributed by atoms with Gasteiger partial charge in [-0.05, 0) is 38.1 Å². The molecule has 156 valence electrons. The van der Waals surface area contributed by atoms with Gasteiger partial charge in [0.1, 0.15) is 6.61 Å². The first kappa shape index (κ1) is 22.9. The summed E-state index contributed by atoms with van der Waals surface area (Å²) in [6.07, 6.45) is 0.382. The number of aromatic nitrogens is 1. The van der Waals surface area contributed by atoms with Crippen molar-refractivity contribution in [3.63, 3.8) is 0 Å². The lowest BCUT2D eigenvalue weighted by Crippen LogP contribution is -2.11. The highest BCUT2D eigenvalue weighted by Gasteiger charge is 2.12. The minimum absolute atomic E-state index is 0.0417. The highest BCUT2D eigenvalue weighted by molar-refractivity contribution is 7.85. The molecular weight excluding hydrogens is 422 g/mol. The summed E-state index contributed by atoms with van der Waals surface area (Å²) in [5.41, 5.74) is 7.12. The Balaban J connectivity index is 0.000000234. The van der Waals surface area contributed by atoms with Crippen molar-refractivity contribution in [2.75, 3.05) is 13.2 Å². The van der Waals surface area contributed by atoms with Crippen LogP contribution in [0.5, 0.6) is 5.75 Å². The van der Waals surface area contributed by atoms with Crippen molar-refractivity contribution in [3.8, 4) is 5.75 Å². The molecule has 2 aromatic carbocycles. The third-order valence-electron chi connectivity index (χ3n) is 3.72. The predicted molar refractivity (Wildman–Crippen MR) is 109 cm³/mol. The fourth-order valence-corrected chi connectivity index (χ4v) is 3.51. The fraction of sp³-hybridized carbons (Fsp3) is 0.211. The van der Waals surface area contributed by atoms with Crippen LogP contribution in [0.2, 0.25) is 0 Å². The van der Waals surface area contributed by atoms with Gasteiger partial charge >= 0.3 is 0 Å². The third kappa shape index (κ3) is 6.29. The molecule has 0 atom stereocenters. The van der Waals surface area contributed by atoms with Gasteiger partial charge in [-0.25, -0.2) is 13.8 Å². The van der Waals surface area contributed by atoms with E-state index in [4.69, 9.17) is 15.0 Å². The zero-order valence-electron chi connectivity index (χ0n) is 15.7. The van der Waals surface area contributed by atoms with Crippen LogP contribution >= 0.6 is 11.3 Å². The molecule has 0 aliphatic heterocycles. The van der Waals surface area contributed by atoms with Gasteiger partial charge in [0.25, 0.3) is 10.1 Å². The summed E-state index contributed by atoms with van der Waals surface area (Å²) >= 11 is 1.26. The van der Waals surface area contributed by atoms with E-state index in [-0.39, 0.29) is 29.4 Å². The molecule has 10 heteroatoms. The highest BCUT2D eigenvalue weighted by atomic mass is 32.2. The van der Waals surface area contributed by atoms with E-state index in [0.29, 0.717) is 16.5 Å². The molecule has 0 spiro atoms. The Bertz CT molecular complexity index is 1110. The molecule has 0 amide bonds. The van der Waals surface area contributed by atoms with Gasteiger partial charge in [-0.3, -0.25) is 4.55 Å². The molecule has 29 heavy (non-hydrogen) atoms. The normalized spacial score (nSPS) is 11.9. The number of nitrogens with zero attached hydrogens (tertiary/aromatic N) is 1. The van der Waals surface area contributed by atoms with Crippen molar-refractivity contribution in [1.29, 1.82) is 0 Å². The maximum atomic E-state index is 14.0. The first-order valence-corrected chi connectivity index (χ1v) is 10.6. The number of aryl methyl sites for hydroxylation is 2. The Hall–Kier alpha value is -2.40. The van der Waals surface area contributed by atoms with E-state index in [0.717, 1.165) is 10.6 Å². The topological polar surface area (TPSA) is 103 Å². The molecule has 0 radical (unpaired) electrons. The smallest absolute Gasteiger partial charge is 0.294 e. The Labute approximate surface area is 171 Å². The minimum atomic E-state index is -4.02. The molecule has 1 heterocycles. The number of ether oxygens (including phenoxy) is 1. The van der Waals surface area contributed by atoms with Crippen molar-refractivity contribution in [1.82, 2.24) is 4.98 Å². The SMILES string of the molecule is Cc1ccc(S(=O)(=O)O)cc1.Cc1nc2ccc(OC/C(=C\F)CN)c(F)c2s1. The second-order valence-electron chi connectivity index (χ2n) is 6.01. The summed E-state index contributed by atoms with van der Waals surface area (Å²) in [6.45, 7) is 3.63. The molecule has 0 saturated heterocycles. The Morgan fingerprint density at radius 1 is 1.24 bits per heavy atom. The van der Waals surface area contributed by atoms with Gasteiger partial charge in [0.05, 0.1) is 26.4 Å². The average Bonchev–Trinajstić information content (AvgIpc) is 3.05. The number of halogens is 2. The zero-order chi connectivity index (χ0) is 21.6. The lowest BCUT2D eigenvalue weighted by molar-refractivity contribution is 0.330. The number of benzene rings is 2. The Morgan fingerprint density at radius 3 is 2.45 bits per heavy atom. The summed E-state index contributed by atoms with van der Waals surface area (Å²) in [5, 5.41) is 0.785. The average molecular weight is 443 g/mol. The van der Waals surface area contributed by atoms with Gasteiger partial charge < -0.3 is 10.5 Å². The van der Waals surface area contributed by atoms with Crippen LogP contribution in [0.15, 0.2) is 53.2 Å². The second kappa shape index (κ2) is 9.88. The van der Waals surface area contributed by atoms with Crippen LogP contribution < -0.4 is 10.5 Å². The number of thiazole rings is 1. The van der Waals surface area contributed by atoms with E-state index in [1.165, 1.54) is 29.5 Å². The monoisotopic (exact) mass is 442 g/mol. The molecule has 1 aromatic heterocycles. The van der Waals surface area contributed by atoms with E-state index in [9.17, 15) is 17.2 Å². The lowest BCUT2D eigenvalue weighted by Gasteiger charge is -2.08. The van der Waals surface area contributed by atoms with Gasteiger partial charge in [0.2, 0.25) is 0 Å². The second-order valence-corrected chi connectivity index (χ2v) is 8.63. The van der Waals surface area contributed by atoms with Crippen molar-refractivity contribution >= 4 is 31.7 Å². The molecule has 0 saturated carbocycles. The van der Waals surface area contributed by atoms with Gasteiger partial charge in [0, 0.05) is 12.1 Å². The molecule has 0 aliphatic carbocycles. The number of hydrogen-bond donors (Lipinski definition) is 2. The van der Waals surface area contributed by atoms with E-state index < -0.39 is 15.9 Å². The first-order chi connectivity index (χ1) is 13.7. The summed E-state index contributed by atoms with van der Waals surface area (Å²) in [6, 6.07) is 9.16. The summed E-state index contributed by atoms with van der Waals surface area (Å²) in [4.78, 5) is 4.11. The summed E-state index contributed by atoms with van der Waals surface area (Å²) < 4.78 is 61.5. The number of rotatable bonds is 5. The fourth-order valence-electron chi connectivity index (χ4n) is 2.18. The first-order valence-electron chi connectivity index (χ1n) is 8.36. The van der Waals surface area contributed by atoms with Crippen LogP contribution in [-0.2, 0) is 10.1 Å². The largest absolute Gasteiger partial charge is 0.486 e. The van der Waals surface area contributed by atoms with Gasteiger partial charge in [-0.1, -0.05) is 17.7 Å². The molecule has 3 aromatic rings. The third-order valence-corrected chi connectivity index (χ3v) is 5.56. The maximum absolute atomic E-state index is 14.0. The number of nitrogens with two attached hydrogens (primary N) is 1. The Morgan fingerprint density at radius 2 is 1.90 bits per heavy atom. The zero-order valence-corrected chi connectivity index (χ0v) is 17.4. The molecule has 0 bridgehead atoms. The standard InChI is InChI=1S/C12H12F2N2OS.C7H8O3S/c1-7-16-9-2-3-10(11(14)12(9)18-7)17-6-8(4-13)5-15;1-6-2-4-7(5-3-6)11(8,9)10/h2-4H,5-6,15H2,1H3;2-5H,1H3,(H,8,9,10)/b8-4-;. The van der Waals surface area contributed by atoms with Crippen LogP contribution in [0.3, 0.4) is 0 Å². The van der Waals surface area contributed by atoms with Crippen LogP contribution in [-0.4, -0.2) is 31.1 Å². The van der Waals surface area contributed by atoms with Crippen LogP contribution in [0.4, 0.5) is 8.78 Å². The maximum Gasteiger partial charge on any atom is 0.294 e. The minimum Gasteiger partial charge on any atom is -0.486 e. The number of fused-ring (bicyclic) bond motifs is 1. The van der Waals surface area contributed by atoms with E-state index in [2.05, 4.69) is 4.98 Å². The van der Waals surface area contributed by atoms with E-state index in [1.807, 2.05) is 13.8 Å². The van der Waals surface area contributed by atoms with E-state index >= 15 is 0 Å². The summed E-state index contributed by atoms with van der Waals surface area (Å²) in [7, 11) is -4.02. The molecular formula is C19H20F2N2O4S2. The molecule has 0 fully saturated rings. The van der Waals surface area contributed by atoms with Crippen molar-refractivity contribution in [2.24, 2.45) is 5.73 Å². The number of hydrogen-bond acceptors (Lipinski definition) is 6. The van der Waals surface area contributed by atoms with Gasteiger partial charge in [0.15, 0.2) is 11.6 Å². The quantitative estimate of drug-likeness (QED) is 0.575. The van der Waals surface area contributed by atoms with Gasteiger partial charge in [-0.15, -0.1) is 11.3 Å². The van der Waals surface area contributed by atoms with Crippen LogP contribution in [0, 0.1) is 19.7 Å². The summed E-state index contributed by atoms with van der Waals surface area (Å²) in [5.74, 6) is -0.382. The van der Waals surface area contributed by atoms with Crippen molar-refractivity contribution < 1.29 is 26.5 Å². The van der Waals surface area contributed by atoms with Crippen LogP contribution in [0.1, 0.15) is 10.6 Å². The molecule has 6 nitrogen and oxygen atoms in total. The van der Waals surface area contributed by atoms with E-state index in [1.54, 1.807) is 18.2 Å². The predicted octanol–water partition coefficient (Wildman–Crippen LogP) is 4.18. The van der Waals surface area contributed by atoms with Gasteiger partial charge in [-0.2, -0.15) is 8.42 Å². The molecule has 0 unspecified atom stereocenters. The molecule has 0 aliphatic rings. The highest BCUT2D eigenvalue weighted by Crippen LogP contribution is 2.30. The Kier molecular flexibility index (Phi) is 7.80. The lowest BCUT2D eigenvalue weighted by atomic mass is 10.2. The molecule has 3 rings (SSSR count). The molecule has 3 N–H and O–H groups in total. The van der Waals surface area contributed by atoms with Crippen molar-refractivity contribution in [2.45, 2.75) is 18.7 Å².